The normalized spacial score (nSPS) is 25.4. The lowest BCUT2D eigenvalue weighted by molar-refractivity contribution is 0.162. The molecule has 1 saturated heterocycles. The molecule has 1 rings (SSSR count). The first-order valence-corrected chi connectivity index (χ1v) is 7.20. The van der Waals surface area contributed by atoms with Gasteiger partial charge < -0.3 is 15.1 Å². The van der Waals surface area contributed by atoms with E-state index in [0.717, 1.165) is 12.6 Å². The summed E-state index contributed by atoms with van der Waals surface area (Å²) in [7, 11) is 4.52. The van der Waals surface area contributed by atoms with Gasteiger partial charge in [-0.25, -0.2) is 0 Å². The Balaban J connectivity index is 2.32. The molecule has 1 N–H and O–H groups in total. The van der Waals surface area contributed by atoms with Gasteiger partial charge in [-0.2, -0.15) is 0 Å². The van der Waals surface area contributed by atoms with Crippen LogP contribution in [-0.4, -0.2) is 61.7 Å². The maximum atomic E-state index is 3.59. The van der Waals surface area contributed by atoms with Gasteiger partial charge in [0, 0.05) is 24.7 Å². The average molecular weight is 241 g/mol. The van der Waals surface area contributed by atoms with Crippen molar-refractivity contribution in [3.63, 3.8) is 0 Å². The summed E-state index contributed by atoms with van der Waals surface area (Å²) in [6, 6.07) is 1.95. The van der Waals surface area contributed by atoms with E-state index in [4.69, 9.17) is 0 Å². The van der Waals surface area contributed by atoms with Crippen molar-refractivity contribution < 1.29 is 0 Å². The third-order valence-electron chi connectivity index (χ3n) is 4.31. The lowest BCUT2D eigenvalue weighted by atomic mass is 10.1. The van der Waals surface area contributed by atoms with Crippen molar-refractivity contribution >= 4 is 0 Å². The van der Waals surface area contributed by atoms with Gasteiger partial charge in [0.2, 0.25) is 0 Å². The molecule has 3 atom stereocenters. The zero-order chi connectivity index (χ0) is 12.8. The lowest BCUT2D eigenvalue weighted by Crippen LogP contribution is -2.49. The largest absolute Gasteiger partial charge is 0.313 e. The standard InChI is InChI=1S/C14H31N3/c1-6-9-15-12(2)13(3)17(5)11-14-8-7-10-16(14)4/h12-15H,6-11H2,1-5H3. The molecule has 3 heteroatoms. The lowest BCUT2D eigenvalue weighted by Gasteiger charge is -2.34. The summed E-state index contributed by atoms with van der Waals surface area (Å²) in [5.74, 6) is 0. The molecule has 102 valence electrons. The minimum absolute atomic E-state index is 0.576. The molecule has 1 aliphatic rings. The molecule has 1 heterocycles. The van der Waals surface area contributed by atoms with Gasteiger partial charge in [-0.1, -0.05) is 6.92 Å². The van der Waals surface area contributed by atoms with Crippen molar-refractivity contribution in [1.82, 2.24) is 15.1 Å². The first-order valence-electron chi connectivity index (χ1n) is 7.20. The number of hydrogen-bond donors (Lipinski definition) is 1. The maximum Gasteiger partial charge on any atom is 0.0220 e. The Morgan fingerprint density at radius 3 is 2.65 bits per heavy atom. The third kappa shape index (κ3) is 4.57. The minimum Gasteiger partial charge on any atom is -0.313 e. The summed E-state index contributed by atoms with van der Waals surface area (Å²) >= 11 is 0. The Hall–Kier alpha value is -0.120. The molecule has 0 aromatic carbocycles. The Morgan fingerprint density at radius 2 is 2.12 bits per heavy atom. The summed E-state index contributed by atoms with van der Waals surface area (Å²) in [6.45, 7) is 10.5. The van der Waals surface area contributed by atoms with Crippen LogP contribution < -0.4 is 5.32 Å². The van der Waals surface area contributed by atoms with E-state index in [-0.39, 0.29) is 0 Å². The van der Waals surface area contributed by atoms with Crippen LogP contribution in [0.4, 0.5) is 0 Å². The second-order valence-electron chi connectivity index (χ2n) is 5.70. The van der Waals surface area contributed by atoms with Crippen molar-refractivity contribution in [2.24, 2.45) is 0 Å². The first-order chi connectivity index (χ1) is 8.06. The number of nitrogens with one attached hydrogen (secondary N) is 1. The van der Waals surface area contributed by atoms with Gasteiger partial charge in [0.25, 0.3) is 0 Å². The molecule has 0 aliphatic carbocycles. The summed E-state index contributed by atoms with van der Waals surface area (Å²) in [6.07, 6.45) is 3.95. The zero-order valence-electron chi connectivity index (χ0n) is 12.4. The summed E-state index contributed by atoms with van der Waals surface area (Å²) in [5.41, 5.74) is 0. The van der Waals surface area contributed by atoms with Gasteiger partial charge in [-0.3, -0.25) is 0 Å². The molecule has 17 heavy (non-hydrogen) atoms. The number of rotatable bonds is 7. The number of likely N-dealkylation sites (tertiary alicyclic amines) is 1. The predicted molar refractivity (Wildman–Crippen MR) is 75.5 cm³/mol. The van der Waals surface area contributed by atoms with Crippen LogP contribution in [0.2, 0.25) is 0 Å². The fraction of sp³-hybridized carbons (Fsp3) is 1.00. The highest BCUT2D eigenvalue weighted by molar-refractivity contribution is 4.83. The smallest absolute Gasteiger partial charge is 0.0220 e. The van der Waals surface area contributed by atoms with Crippen LogP contribution in [0.1, 0.15) is 40.0 Å². The van der Waals surface area contributed by atoms with Crippen molar-refractivity contribution in [1.29, 1.82) is 0 Å². The van der Waals surface area contributed by atoms with E-state index in [0.29, 0.717) is 12.1 Å². The average Bonchev–Trinajstić information content (AvgIpc) is 2.70. The Kier molecular flexibility index (Phi) is 6.45. The fourth-order valence-electron chi connectivity index (χ4n) is 2.63. The number of likely N-dealkylation sites (N-methyl/N-ethyl adjacent to an activating group) is 2. The van der Waals surface area contributed by atoms with Gasteiger partial charge in [-0.15, -0.1) is 0 Å². The second kappa shape index (κ2) is 7.34. The SMILES string of the molecule is CCCNC(C)C(C)N(C)CC1CCCN1C. The van der Waals surface area contributed by atoms with E-state index in [1.807, 2.05) is 0 Å². The topological polar surface area (TPSA) is 18.5 Å². The molecule has 0 aromatic rings. The fourth-order valence-corrected chi connectivity index (χ4v) is 2.63. The molecule has 0 spiro atoms. The molecular formula is C14H31N3. The van der Waals surface area contributed by atoms with Crippen LogP contribution in [0.15, 0.2) is 0 Å². The van der Waals surface area contributed by atoms with Gasteiger partial charge in [0.15, 0.2) is 0 Å². The molecule has 0 radical (unpaired) electrons. The highest BCUT2D eigenvalue weighted by atomic mass is 15.2. The molecule has 3 unspecified atom stereocenters. The molecule has 0 aromatic heterocycles. The third-order valence-corrected chi connectivity index (χ3v) is 4.31. The van der Waals surface area contributed by atoms with Crippen LogP contribution in [0, 0.1) is 0 Å². The number of nitrogens with zero attached hydrogens (tertiary/aromatic N) is 2. The van der Waals surface area contributed by atoms with Gasteiger partial charge in [-0.05, 0) is 60.3 Å². The van der Waals surface area contributed by atoms with E-state index >= 15 is 0 Å². The van der Waals surface area contributed by atoms with Crippen LogP contribution in [-0.2, 0) is 0 Å². The van der Waals surface area contributed by atoms with E-state index in [9.17, 15) is 0 Å². The zero-order valence-corrected chi connectivity index (χ0v) is 12.4. The second-order valence-corrected chi connectivity index (χ2v) is 5.70. The molecule has 0 bridgehead atoms. The van der Waals surface area contributed by atoms with Crippen molar-refractivity contribution in [2.75, 3.05) is 33.7 Å². The van der Waals surface area contributed by atoms with Gasteiger partial charge in [0.1, 0.15) is 0 Å². The van der Waals surface area contributed by atoms with Crippen molar-refractivity contribution in [2.45, 2.75) is 58.2 Å². The molecule has 3 nitrogen and oxygen atoms in total. The van der Waals surface area contributed by atoms with E-state index in [1.54, 1.807) is 0 Å². The Bertz CT molecular complexity index is 208. The monoisotopic (exact) mass is 241 g/mol. The van der Waals surface area contributed by atoms with Crippen LogP contribution in [0.25, 0.3) is 0 Å². The molecule has 0 amide bonds. The summed E-state index contributed by atoms with van der Waals surface area (Å²) < 4.78 is 0. The summed E-state index contributed by atoms with van der Waals surface area (Å²) in [5, 5.41) is 3.59. The summed E-state index contributed by atoms with van der Waals surface area (Å²) in [4.78, 5) is 5.02. The maximum absolute atomic E-state index is 3.59. The Labute approximate surface area is 108 Å². The Morgan fingerprint density at radius 1 is 1.41 bits per heavy atom. The quantitative estimate of drug-likeness (QED) is 0.733. The van der Waals surface area contributed by atoms with Crippen LogP contribution in [0.3, 0.4) is 0 Å². The van der Waals surface area contributed by atoms with E-state index in [2.05, 4.69) is 50.0 Å². The minimum atomic E-state index is 0.576. The first kappa shape index (κ1) is 14.9. The van der Waals surface area contributed by atoms with Crippen LogP contribution in [0.5, 0.6) is 0 Å². The number of hydrogen-bond acceptors (Lipinski definition) is 3. The van der Waals surface area contributed by atoms with Gasteiger partial charge in [0.05, 0.1) is 0 Å². The highest BCUT2D eigenvalue weighted by Crippen LogP contribution is 2.16. The predicted octanol–water partition coefficient (Wildman–Crippen LogP) is 1.79. The van der Waals surface area contributed by atoms with Gasteiger partial charge >= 0.3 is 0 Å². The van der Waals surface area contributed by atoms with E-state index in [1.165, 1.54) is 32.4 Å². The molecule has 0 saturated carbocycles. The molecule has 1 aliphatic heterocycles. The highest BCUT2D eigenvalue weighted by Gasteiger charge is 2.25. The van der Waals surface area contributed by atoms with Crippen LogP contribution >= 0.6 is 0 Å². The van der Waals surface area contributed by atoms with Crippen molar-refractivity contribution in [3.05, 3.63) is 0 Å². The van der Waals surface area contributed by atoms with Crippen molar-refractivity contribution in [3.8, 4) is 0 Å². The molecule has 1 fully saturated rings. The molecular weight excluding hydrogens is 210 g/mol. The van der Waals surface area contributed by atoms with E-state index < -0.39 is 0 Å².